The van der Waals surface area contributed by atoms with E-state index in [1.165, 1.54) is 37.7 Å². The molecule has 1 aliphatic carbocycles. The number of hydrogen-bond acceptors (Lipinski definition) is 0. The van der Waals surface area contributed by atoms with Gasteiger partial charge in [-0.05, 0) is 36.5 Å². The molecule has 0 amide bonds. The van der Waals surface area contributed by atoms with Crippen LogP contribution in [0.4, 0.5) is 0 Å². The molecule has 0 bridgehead atoms. The summed E-state index contributed by atoms with van der Waals surface area (Å²) in [6, 6.07) is 8.40. The quantitative estimate of drug-likeness (QED) is 0.631. The normalized spacial score (nSPS) is 15.9. The zero-order valence-corrected chi connectivity index (χ0v) is 8.50. The number of terminal acetylenes is 1. The Hall–Kier alpha value is -1.22. The second-order valence-corrected chi connectivity index (χ2v) is 4.18. The second-order valence-electron chi connectivity index (χ2n) is 4.18. The second kappa shape index (κ2) is 4.33. The van der Waals surface area contributed by atoms with E-state index < -0.39 is 0 Å². The molecule has 0 aromatic heterocycles. The van der Waals surface area contributed by atoms with Crippen molar-refractivity contribution in [2.75, 3.05) is 0 Å². The highest BCUT2D eigenvalue weighted by molar-refractivity contribution is 5.34. The number of benzene rings is 1. The molecular weight excluding hydrogens is 168 g/mol. The van der Waals surface area contributed by atoms with Crippen molar-refractivity contribution in [3.05, 3.63) is 35.4 Å². The van der Waals surface area contributed by atoms with Gasteiger partial charge in [0.2, 0.25) is 0 Å². The molecule has 0 heteroatoms. The van der Waals surface area contributed by atoms with Crippen LogP contribution in [0.5, 0.6) is 0 Å². The van der Waals surface area contributed by atoms with Crippen LogP contribution in [-0.2, 0) is 6.42 Å². The molecule has 2 rings (SSSR count). The first-order chi connectivity index (χ1) is 6.88. The van der Waals surface area contributed by atoms with E-state index in [1.807, 2.05) is 12.1 Å². The van der Waals surface area contributed by atoms with Crippen LogP contribution in [0.15, 0.2) is 24.3 Å². The van der Waals surface area contributed by atoms with E-state index in [1.54, 1.807) is 0 Å². The molecule has 0 aliphatic heterocycles. The number of rotatable bonds is 3. The van der Waals surface area contributed by atoms with Crippen molar-refractivity contribution in [2.24, 2.45) is 5.92 Å². The topological polar surface area (TPSA) is 0 Å². The summed E-state index contributed by atoms with van der Waals surface area (Å²) < 4.78 is 0. The molecule has 1 saturated carbocycles. The van der Waals surface area contributed by atoms with E-state index in [4.69, 9.17) is 6.42 Å². The van der Waals surface area contributed by atoms with Gasteiger partial charge in [0.25, 0.3) is 0 Å². The minimum atomic E-state index is 0.984. The van der Waals surface area contributed by atoms with Crippen molar-refractivity contribution in [1.29, 1.82) is 0 Å². The van der Waals surface area contributed by atoms with Gasteiger partial charge in [0, 0.05) is 5.56 Å². The monoisotopic (exact) mass is 184 g/mol. The average Bonchev–Trinajstić information content (AvgIpc) is 2.16. The van der Waals surface area contributed by atoms with Gasteiger partial charge in [-0.2, -0.15) is 0 Å². The molecule has 1 fully saturated rings. The van der Waals surface area contributed by atoms with E-state index in [0.717, 1.165) is 11.5 Å². The smallest absolute Gasteiger partial charge is 0.0242 e. The zero-order chi connectivity index (χ0) is 9.80. The van der Waals surface area contributed by atoms with E-state index in [2.05, 4.69) is 18.1 Å². The molecule has 14 heavy (non-hydrogen) atoms. The van der Waals surface area contributed by atoms with Gasteiger partial charge in [0.05, 0.1) is 0 Å². The van der Waals surface area contributed by atoms with Gasteiger partial charge in [-0.1, -0.05) is 37.3 Å². The largest absolute Gasteiger partial charge is 0.115 e. The summed E-state index contributed by atoms with van der Waals surface area (Å²) in [4.78, 5) is 0. The maximum Gasteiger partial charge on any atom is 0.0242 e. The minimum absolute atomic E-state index is 0.984. The molecule has 0 heterocycles. The summed E-state index contributed by atoms with van der Waals surface area (Å²) in [6.07, 6.45) is 12.2. The predicted molar refractivity (Wildman–Crippen MR) is 60.0 cm³/mol. The van der Waals surface area contributed by atoms with Crippen LogP contribution in [0.25, 0.3) is 0 Å². The molecule has 0 radical (unpaired) electrons. The average molecular weight is 184 g/mol. The lowest BCUT2D eigenvalue weighted by Crippen LogP contribution is -2.11. The van der Waals surface area contributed by atoms with Gasteiger partial charge in [-0.25, -0.2) is 0 Å². The van der Waals surface area contributed by atoms with E-state index >= 15 is 0 Å². The zero-order valence-electron chi connectivity index (χ0n) is 8.50. The van der Waals surface area contributed by atoms with Crippen LogP contribution >= 0.6 is 0 Å². The Kier molecular flexibility index (Phi) is 2.89. The lowest BCUT2D eigenvalue weighted by Gasteiger charge is -2.25. The van der Waals surface area contributed by atoms with E-state index in [-0.39, 0.29) is 0 Å². The number of aryl methyl sites for hydroxylation is 1. The third-order valence-electron chi connectivity index (χ3n) is 3.19. The Balaban J connectivity index is 1.86. The number of hydrogen-bond donors (Lipinski definition) is 0. The van der Waals surface area contributed by atoms with Gasteiger partial charge in [0.15, 0.2) is 0 Å². The Bertz CT molecular complexity index is 322. The van der Waals surface area contributed by atoms with Crippen molar-refractivity contribution >= 4 is 0 Å². The highest BCUT2D eigenvalue weighted by Gasteiger charge is 2.16. The van der Waals surface area contributed by atoms with Crippen molar-refractivity contribution in [1.82, 2.24) is 0 Å². The van der Waals surface area contributed by atoms with Gasteiger partial charge >= 0.3 is 0 Å². The molecular formula is C14H16. The molecule has 1 aromatic rings. The first-order valence-electron chi connectivity index (χ1n) is 5.44. The Morgan fingerprint density at radius 2 is 1.93 bits per heavy atom. The summed E-state index contributed by atoms with van der Waals surface area (Å²) in [7, 11) is 0. The molecule has 0 nitrogen and oxygen atoms in total. The van der Waals surface area contributed by atoms with Crippen LogP contribution < -0.4 is 0 Å². The third-order valence-corrected chi connectivity index (χ3v) is 3.19. The van der Waals surface area contributed by atoms with Gasteiger partial charge in [-0.15, -0.1) is 6.42 Å². The fourth-order valence-electron chi connectivity index (χ4n) is 1.92. The van der Waals surface area contributed by atoms with Crippen LogP contribution in [0.1, 0.15) is 36.8 Å². The summed E-state index contributed by atoms with van der Waals surface area (Å²) >= 11 is 0. The lowest BCUT2D eigenvalue weighted by atomic mass is 9.81. The minimum Gasteiger partial charge on any atom is -0.115 e. The van der Waals surface area contributed by atoms with Gasteiger partial charge < -0.3 is 0 Å². The van der Waals surface area contributed by atoms with Crippen molar-refractivity contribution in [3.63, 3.8) is 0 Å². The van der Waals surface area contributed by atoms with Gasteiger partial charge in [0.1, 0.15) is 0 Å². The molecule has 0 unspecified atom stereocenters. The Labute approximate surface area is 86.3 Å². The van der Waals surface area contributed by atoms with Crippen LogP contribution in [-0.4, -0.2) is 0 Å². The molecule has 0 spiro atoms. The van der Waals surface area contributed by atoms with Crippen molar-refractivity contribution in [3.8, 4) is 12.3 Å². The Morgan fingerprint density at radius 3 is 2.43 bits per heavy atom. The van der Waals surface area contributed by atoms with Crippen molar-refractivity contribution in [2.45, 2.75) is 32.1 Å². The third kappa shape index (κ3) is 2.17. The van der Waals surface area contributed by atoms with Gasteiger partial charge in [-0.3, -0.25) is 0 Å². The summed E-state index contributed by atoms with van der Waals surface area (Å²) in [5.41, 5.74) is 2.41. The summed E-state index contributed by atoms with van der Waals surface area (Å²) in [5.74, 6) is 3.64. The molecule has 1 aromatic carbocycles. The molecule has 0 atom stereocenters. The maximum atomic E-state index is 5.30. The Morgan fingerprint density at radius 1 is 1.21 bits per heavy atom. The van der Waals surface area contributed by atoms with E-state index in [9.17, 15) is 0 Å². The molecule has 1 aliphatic rings. The maximum absolute atomic E-state index is 5.30. The lowest BCUT2D eigenvalue weighted by molar-refractivity contribution is 0.296. The SMILES string of the molecule is C#Cc1ccc(CCC2CCC2)cc1. The van der Waals surface area contributed by atoms with E-state index in [0.29, 0.717) is 0 Å². The first-order valence-corrected chi connectivity index (χ1v) is 5.44. The molecule has 72 valence electrons. The first kappa shape index (κ1) is 9.34. The summed E-state index contributed by atoms with van der Waals surface area (Å²) in [5, 5.41) is 0. The van der Waals surface area contributed by atoms with Crippen LogP contribution in [0, 0.1) is 18.3 Å². The fourth-order valence-corrected chi connectivity index (χ4v) is 1.92. The van der Waals surface area contributed by atoms with Crippen LogP contribution in [0.3, 0.4) is 0 Å². The molecule has 0 N–H and O–H groups in total. The predicted octanol–water partition coefficient (Wildman–Crippen LogP) is 3.40. The van der Waals surface area contributed by atoms with Crippen molar-refractivity contribution < 1.29 is 0 Å². The van der Waals surface area contributed by atoms with Crippen LogP contribution in [0.2, 0.25) is 0 Å². The standard InChI is InChI=1S/C14H16/c1-2-12-6-8-14(9-7-12)11-10-13-4-3-5-13/h1,6-9,13H,3-5,10-11H2. The fraction of sp³-hybridized carbons (Fsp3) is 0.429. The highest BCUT2D eigenvalue weighted by Crippen LogP contribution is 2.30. The molecule has 0 saturated heterocycles. The summed E-state index contributed by atoms with van der Waals surface area (Å²) in [6.45, 7) is 0. The highest BCUT2D eigenvalue weighted by atomic mass is 14.2.